The van der Waals surface area contributed by atoms with Crippen LogP contribution in [0.25, 0.3) is 0 Å². The maximum Gasteiger partial charge on any atom is 0.224 e. The lowest BCUT2D eigenvalue weighted by Crippen LogP contribution is -2.33. The normalized spacial score (nSPS) is 11.6. The molecule has 0 spiro atoms. The molecular weight excluding hydrogens is 433 g/mol. The van der Waals surface area contributed by atoms with E-state index < -0.39 is 5.92 Å². The molecule has 0 saturated heterocycles. The number of rotatable bonds is 9. The first-order valence-corrected chi connectivity index (χ1v) is 10.6. The molecule has 0 fully saturated rings. The van der Waals surface area contributed by atoms with E-state index in [-0.39, 0.29) is 18.1 Å². The Hall–Kier alpha value is -2.82. The predicted molar refractivity (Wildman–Crippen MR) is 124 cm³/mol. The Morgan fingerprint density at radius 3 is 2.26 bits per heavy atom. The molecule has 3 rings (SSSR count). The third-order valence-electron chi connectivity index (χ3n) is 4.99. The number of amides is 1. The second kappa shape index (κ2) is 11.0. The maximum atomic E-state index is 13.0. The van der Waals surface area contributed by atoms with E-state index in [1.54, 1.807) is 25.3 Å². The zero-order chi connectivity index (χ0) is 22.2. The fourth-order valence-electron chi connectivity index (χ4n) is 3.24. The average Bonchev–Trinajstić information content (AvgIpc) is 2.79. The zero-order valence-corrected chi connectivity index (χ0v) is 18.6. The summed E-state index contributed by atoms with van der Waals surface area (Å²) in [6.45, 7) is 0.370. The lowest BCUT2D eigenvalue weighted by Gasteiger charge is -2.17. The number of ether oxygens (including phenoxy) is 1. The molecule has 3 aromatic carbocycles. The van der Waals surface area contributed by atoms with Crippen LogP contribution in [0.3, 0.4) is 0 Å². The fraction of sp³-hybridized carbons (Fsp3) is 0.200. The standard InChI is InChI=1S/C25H23Cl2NO3/c1-31-21-10-7-18(8-11-21)16-28-25(30)20(13-17-5-3-2-4-6-17)15-24(29)19-9-12-22(26)23(27)14-19/h2-12,14,20H,13,15-16H2,1H3,(H,28,30). The largest absolute Gasteiger partial charge is 0.497 e. The number of hydrogen-bond donors (Lipinski definition) is 1. The van der Waals surface area contributed by atoms with E-state index in [4.69, 9.17) is 27.9 Å². The topological polar surface area (TPSA) is 55.4 Å². The highest BCUT2D eigenvalue weighted by Gasteiger charge is 2.23. The molecule has 0 heterocycles. The number of carbonyl (C=O) groups is 2. The molecule has 160 valence electrons. The zero-order valence-electron chi connectivity index (χ0n) is 17.1. The van der Waals surface area contributed by atoms with Crippen LogP contribution in [0.5, 0.6) is 5.75 Å². The van der Waals surface area contributed by atoms with Gasteiger partial charge in [-0.25, -0.2) is 0 Å². The van der Waals surface area contributed by atoms with Crippen molar-refractivity contribution in [1.29, 1.82) is 0 Å². The lowest BCUT2D eigenvalue weighted by atomic mass is 9.91. The quantitative estimate of drug-likeness (QED) is 0.417. The first-order valence-electron chi connectivity index (χ1n) is 9.89. The summed E-state index contributed by atoms with van der Waals surface area (Å²) < 4.78 is 5.16. The summed E-state index contributed by atoms with van der Waals surface area (Å²) in [6.07, 6.45) is 0.531. The number of carbonyl (C=O) groups excluding carboxylic acids is 2. The SMILES string of the molecule is COc1ccc(CNC(=O)C(CC(=O)c2ccc(Cl)c(Cl)c2)Cc2ccccc2)cc1. The highest BCUT2D eigenvalue weighted by molar-refractivity contribution is 6.42. The van der Waals surface area contributed by atoms with Gasteiger partial charge < -0.3 is 10.1 Å². The fourth-order valence-corrected chi connectivity index (χ4v) is 3.54. The van der Waals surface area contributed by atoms with E-state index in [0.29, 0.717) is 28.6 Å². The van der Waals surface area contributed by atoms with E-state index in [1.807, 2.05) is 54.6 Å². The monoisotopic (exact) mass is 455 g/mol. The van der Waals surface area contributed by atoms with Gasteiger partial charge in [0, 0.05) is 24.4 Å². The number of ketones is 1. The van der Waals surface area contributed by atoms with Gasteiger partial charge in [0.25, 0.3) is 0 Å². The van der Waals surface area contributed by atoms with Gasteiger partial charge in [-0.1, -0.05) is 65.7 Å². The van der Waals surface area contributed by atoms with Crippen LogP contribution in [-0.2, 0) is 17.8 Å². The molecule has 6 heteroatoms. The number of nitrogens with one attached hydrogen (secondary N) is 1. The van der Waals surface area contributed by atoms with Crippen molar-refractivity contribution in [3.63, 3.8) is 0 Å². The third-order valence-corrected chi connectivity index (χ3v) is 5.73. The number of benzene rings is 3. The van der Waals surface area contributed by atoms with Gasteiger partial charge in [-0.05, 0) is 47.9 Å². The predicted octanol–water partition coefficient (Wildman–Crippen LogP) is 5.75. The molecule has 1 atom stereocenters. The van der Waals surface area contributed by atoms with Crippen molar-refractivity contribution in [2.45, 2.75) is 19.4 Å². The Balaban J connectivity index is 1.72. The van der Waals surface area contributed by atoms with Crippen molar-refractivity contribution in [2.24, 2.45) is 5.92 Å². The third kappa shape index (κ3) is 6.58. The minimum Gasteiger partial charge on any atom is -0.497 e. The summed E-state index contributed by atoms with van der Waals surface area (Å²) in [5.74, 6) is -0.0842. The van der Waals surface area contributed by atoms with Gasteiger partial charge in [-0.2, -0.15) is 0 Å². The van der Waals surface area contributed by atoms with E-state index in [2.05, 4.69) is 5.32 Å². The molecule has 1 unspecified atom stereocenters. The molecule has 31 heavy (non-hydrogen) atoms. The number of methoxy groups -OCH3 is 1. The molecule has 0 bridgehead atoms. The second-order valence-electron chi connectivity index (χ2n) is 7.21. The summed E-state index contributed by atoms with van der Waals surface area (Å²) >= 11 is 12.0. The molecule has 0 aliphatic rings. The molecular formula is C25H23Cl2NO3. The Labute approximate surface area is 192 Å². The van der Waals surface area contributed by atoms with Crippen LogP contribution in [-0.4, -0.2) is 18.8 Å². The number of hydrogen-bond acceptors (Lipinski definition) is 3. The molecule has 0 saturated carbocycles. The van der Waals surface area contributed by atoms with Gasteiger partial charge in [0.05, 0.1) is 17.2 Å². The summed E-state index contributed by atoms with van der Waals surface area (Å²) in [6, 6.07) is 21.9. The molecule has 3 aromatic rings. The van der Waals surface area contributed by atoms with Crippen LogP contribution in [0.2, 0.25) is 10.0 Å². The van der Waals surface area contributed by atoms with Crippen LogP contribution in [0.4, 0.5) is 0 Å². The molecule has 0 aliphatic heterocycles. The summed E-state index contributed by atoms with van der Waals surface area (Å²) in [7, 11) is 1.61. The Kier molecular flexibility index (Phi) is 8.10. The second-order valence-corrected chi connectivity index (χ2v) is 8.02. The van der Waals surface area contributed by atoms with E-state index in [0.717, 1.165) is 16.9 Å². The summed E-state index contributed by atoms with van der Waals surface area (Å²) in [5.41, 5.74) is 2.38. The molecule has 1 N–H and O–H groups in total. The van der Waals surface area contributed by atoms with Gasteiger partial charge >= 0.3 is 0 Å². The van der Waals surface area contributed by atoms with Crippen molar-refractivity contribution in [3.05, 3.63) is 99.5 Å². The molecule has 4 nitrogen and oxygen atoms in total. The van der Waals surface area contributed by atoms with Crippen molar-refractivity contribution >= 4 is 34.9 Å². The van der Waals surface area contributed by atoms with Gasteiger partial charge in [0.15, 0.2) is 5.78 Å². The first kappa shape index (κ1) is 22.9. The summed E-state index contributed by atoms with van der Waals surface area (Å²) in [5, 5.41) is 3.66. The molecule has 1 amide bonds. The van der Waals surface area contributed by atoms with E-state index >= 15 is 0 Å². The van der Waals surface area contributed by atoms with Crippen LogP contribution < -0.4 is 10.1 Å². The Morgan fingerprint density at radius 2 is 1.61 bits per heavy atom. The molecule has 0 aromatic heterocycles. The van der Waals surface area contributed by atoms with Crippen LogP contribution in [0.1, 0.15) is 27.9 Å². The minimum atomic E-state index is -0.511. The van der Waals surface area contributed by atoms with Crippen molar-refractivity contribution in [2.75, 3.05) is 7.11 Å². The van der Waals surface area contributed by atoms with Crippen LogP contribution >= 0.6 is 23.2 Å². The van der Waals surface area contributed by atoms with E-state index in [9.17, 15) is 9.59 Å². The number of Topliss-reactive ketones (excluding diaryl/α,β-unsaturated/α-hetero) is 1. The highest BCUT2D eigenvalue weighted by Crippen LogP contribution is 2.24. The van der Waals surface area contributed by atoms with Gasteiger partial charge in [-0.3, -0.25) is 9.59 Å². The Morgan fingerprint density at radius 1 is 0.903 bits per heavy atom. The average molecular weight is 456 g/mol. The maximum absolute atomic E-state index is 13.0. The van der Waals surface area contributed by atoms with Gasteiger partial charge in [-0.15, -0.1) is 0 Å². The van der Waals surface area contributed by atoms with Gasteiger partial charge in [0.1, 0.15) is 5.75 Å². The van der Waals surface area contributed by atoms with Gasteiger partial charge in [0.2, 0.25) is 5.91 Å². The lowest BCUT2D eigenvalue weighted by molar-refractivity contribution is -0.125. The number of halogens is 2. The highest BCUT2D eigenvalue weighted by atomic mass is 35.5. The van der Waals surface area contributed by atoms with Crippen molar-refractivity contribution < 1.29 is 14.3 Å². The summed E-state index contributed by atoms with van der Waals surface area (Å²) in [4.78, 5) is 25.9. The molecule has 0 radical (unpaired) electrons. The van der Waals surface area contributed by atoms with Crippen molar-refractivity contribution in [1.82, 2.24) is 5.32 Å². The van der Waals surface area contributed by atoms with Crippen LogP contribution in [0.15, 0.2) is 72.8 Å². The Bertz CT molecular complexity index is 1040. The molecule has 0 aliphatic carbocycles. The van der Waals surface area contributed by atoms with Crippen molar-refractivity contribution in [3.8, 4) is 5.75 Å². The van der Waals surface area contributed by atoms with Crippen LogP contribution in [0, 0.1) is 5.92 Å². The first-order chi connectivity index (χ1) is 15.0. The minimum absolute atomic E-state index is 0.0707. The smallest absolute Gasteiger partial charge is 0.224 e. The van der Waals surface area contributed by atoms with E-state index in [1.165, 1.54) is 0 Å².